The monoisotopic (exact) mass is 319 g/mol. The van der Waals surface area contributed by atoms with Crippen LogP contribution in [0.4, 0.5) is 5.69 Å². The molecule has 0 fully saturated rings. The molecule has 0 aliphatic rings. The number of hydrogen-bond donors (Lipinski definition) is 2. The maximum Gasteiger partial charge on any atom is 2.00 e. The fourth-order valence-corrected chi connectivity index (χ4v) is 1.46. The van der Waals surface area contributed by atoms with Crippen LogP contribution in [0.25, 0.3) is 0 Å². The number of nitrogens with one attached hydrogen (secondary N) is 2. The molecule has 1 aromatic heterocycles. The molecular formula is C13H12CuN4S+2. The molecule has 0 unspecified atom stereocenters. The minimum atomic E-state index is 0. The van der Waals surface area contributed by atoms with E-state index in [1.807, 2.05) is 48.5 Å². The Hall–Kier alpha value is -1.75. The molecule has 19 heavy (non-hydrogen) atoms. The van der Waals surface area contributed by atoms with Crippen molar-refractivity contribution < 1.29 is 17.1 Å². The molecule has 1 radical (unpaired) electrons. The zero-order valence-electron chi connectivity index (χ0n) is 9.88. The summed E-state index contributed by atoms with van der Waals surface area (Å²) in [5, 5.41) is 7.45. The van der Waals surface area contributed by atoms with Gasteiger partial charge in [0.25, 0.3) is 0 Å². The summed E-state index contributed by atoms with van der Waals surface area (Å²) in [5.74, 6) is 0. The van der Waals surface area contributed by atoms with Crippen molar-refractivity contribution in [2.45, 2.75) is 0 Å². The van der Waals surface area contributed by atoms with Crippen LogP contribution in [0.15, 0.2) is 59.8 Å². The van der Waals surface area contributed by atoms with Crippen LogP contribution in [-0.2, 0) is 17.1 Å². The first kappa shape index (κ1) is 15.3. The van der Waals surface area contributed by atoms with Gasteiger partial charge in [-0.1, -0.05) is 24.3 Å². The summed E-state index contributed by atoms with van der Waals surface area (Å²) in [6.45, 7) is 0. The van der Waals surface area contributed by atoms with Gasteiger partial charge in [-0.05, 0) is 36.5 Å². The average molecular weight is 320 g/mol. The number of hydrogen-bond acceptors (Lipinski definition) is 3. The Morgan fingerprint density at radius 3 is 2.53 bits per heavy atom. The number of thiocarbonyl (C=S) groups is 1. The Morgan fingerprint density at radius 1 is 1.11 bits per heavy atom. The van der Waals surface area contributed by atoms with Crippen molar-refractivity contribution in [3.05, 3.63) is 60.4 Å². The number of hydrazone groups is 1. The van der Waals surface area contributed by atoms with E-state index in [2.05, 4.69) is 20.8 Å². The van der Waals surface area contributed by atoms with E-state index in [0.717, 1.165) is 11.4 Å². The van der Waals surface area contributed by atoms with E-state index in [0.29, 0.717) is 5.11 Å². The third kappa shape index (κ3) is 5.61. The minimum Gasteiger partial charge on any atom is -0.331 e. The quantitative estimate of drug-likeness (QED) is 0.395. The van der Waals surface area contributed by atoms with Crippen molar-refractivity contribution in [3.8, 4) is 0 Å². The van der Waals surface area contributed by atoms with Crippen molar-refractivity contribution in [3.63, 3.8) is 0 Å². The molecule has 1 aromatic carbocycles. The Labute approximate surface area is 127 Å². The molecule has 4 nitrogen and oxygen atoms in total. The molecule has 0 saturated heterocycles. The van der Waals surface area contributed by atoms with Crippen LogP contribution in [0.2, 0.25) is 0 Å². The predicted octanol–water partition coefficient (Wildman–Crippen LogP) is 2.40. The van der Waals surface area contributed by atoms with Crippen molar-refractivity contribution in [1.29, 1.82) is 0 Å². The van der Waals surface area contributed by atoms with Crippen LogP contribution >= 0.6 is 12.2 Å². The third-order valence-electron chi connectivity index (χ3n) is 2.08. The van der Waals surface area contributed by atoms with Crippen LogP contribution < -0.4 is 10.7 Å². The van der Waals surface area contributed by atoms with Crippen molar-refractivity contribution in [2.24, 2.45) is 5.10 Å². The maximum atomic E-state index is 5.10. The van der Waals surface area contributed by atoms with Crippen LogP contribution in [0.5, 0.6) is 0 Å². The van der Waals surface area contributed by atoms with E-state index in [1.165, 1.54) is 0 Å². The predicted molar refractivity (Wildman–Crippen MR) is 77.6 cm³/mol. The minimum absolute atomic E-state index is 0. The van der Waals surface area contributed by atoms with Crippen molar-refractivity contribution in [2.75, 3.05) is 5.32 Å². The number of para-hydroxylation sites is 1. The maximum absolute atomic E-state index is 5.10. The van der Waals surface area contributed by atoms with Gasteiger partial charge in [0.05, 0.1) is 11.9 Å². The van der Waals surface area contributed by atoms with Gasteiger partial charge in [0.2, 0.25) is 0 Å². The molecule has 6 heteroatoms. The summed E-state index contributed by atoms with van der Waals surface area (Å²) in [6, 6.07) is 15.3. The molecule has 0 spiro atoms. The summed E-state index contributed by atoms with van der Waals surface area (Å²) in [6.07, 6.45) is 3.32. The average Bonchev–Trinajstić information content (AvgIpc) is 2.41. The second-order valence-electron chi connectivity index (χ2n) is 3.44. The summed E-state index contributed by atoms with van der Waals surface area (Å²) >= 11 is 5.10. The Balaban J connectivity index is 0.00000180. The Bertz CT molecular complexity index is 531. The molecular weight excluding hydrogens is 308 g/mol. The summed E-state index contributed by atoms with van der Waals surface area (Å²) in [5.41, 5.74) is 4.42. The second-order valence-corrected chi connectivity index (χ2v) is 3.85. The second kappa shape index (κ2) is 8.37. The molecule has 0 amide bonds. The number of pyridine rings is 1. The molecule has 0 bridgehead atoms. The molecule has 0 saturated carbocycles. The molecule has 99 valence electrons. The first-order valence-corrected chi connectivity index (χ1v) is 5.81. The first-order chi connectivity index (χ1) is 8.84. The number of anilines is 1. The normalized spacial score (nSPS) is 9.68. The Morgan fingerprint density at radius 2 is 1.84 bits per heavy atom. The van der Waals surface area contributed by atoms with Gasteiger partial charge in [-0.2, -0.15) is 5.10 Å². The largest absolute Gasteiger partial charge is 2.00 e. The molecule has 2 N–H and O–H groups in total. The van der Waals surface area contributed by atoms with E-state index in [1.54, 1.807) is 12.4 Å². The smallest absolute Gasteiger partial charge is 0.331 e. The topological polar surface area (TPSA) is 49.3 Å². The SMILES string of the molecule is S=C(NN=Cc1ccccn1)Nc1ccccc1.[Cu+2]. The fraction of sp³-hybridized carbons (Fsp3) is 0. The van der Waals surface area contributed by atoms with Gasteiger partial charge in [0, 0.05) is 11.9 Å². The van der Waals surface area contributed by atoms with E-state index in [4.69, 9.17) is 12.2 Å². The van der Waals surface area contributed by atoms with Gasteiger partial charge < -0.3 is 5.32 Å². The Kier molecular flexibility index (Phi) is 6.74. The summed E-state index contributed by atoms with van der Waals surface area (Å²) < 4.78 is 0. The van der Waals surface area contributed by atoms with Crippen LogP contribution in [0, 0.1) is 0 Å². The van der Waals surface area contributed by atoms with Gasteiger partial charge in [-0.25, -0.2) is 0 Å². The van der Waals surface area contributed by atoms with Crippen LogP contribution in [0.3, 0.4) is 0 Å². The first-order valence-electron chi connectivity index (χ1n) is 5.41. The molecule has 1 heterocycles. The number of rotatable bonds is 3. The molecule has 0 aliphatic heterocycles. The van der Waals surface area contributed by atoms with Crippen LogP contribution in [0.1, 0.15) is 5.69 Å². The van der Waals surface area contributed by atoms with Gasteiger partial charge in [0.15, 0.2) is 5.11 Å². The van der Waals surface area contributed by atoms with E-state index < -0.39 is 0 Å². The molecule has 0 aliphatic carbocycles. The van der Waals surface area contributed by atoms with E-state index in [9.17, 15) is 0 Å². The number of nitrogens with zero attached hydrogens (tertiary/aromatic N) is 2. The summed E-state index contributed by atoms with van der Waals surface area (Å²) in [4.78, 5) is 4.11. The zero-order chi connectivity index (χ0) is 12.6. The van der Waals surface area contributed by atoms with E-state index in [-0.39, 0.29) is 17.1 Å². The number of aromatic nitrogens is 1. The molecule has 0 atom stereocenters. The van der Waals surface area contributed by atoms with E-state index >= 15 is 0 Å². The fourth-order valence-electron chi connectivity index (χ4n) is 1.29. The number of benzene rings is 1. The zero-order valence-corrected chi connectivity index (χ0v) is 11.6. The summed E-state index contributed by atoms with van der Waals surface area (Å²) in [7, 11) is 0. The third-order valence-corrected chi connectivity index (χ3v) is 2.28. The van der Waals surface area contributed by atoms with Crippen molar-refractivity contribution >= 4 is 29.2 Å². The molecule has 2 aromatic rings. The van der Waals surface area contributed by atoms with Gasteiger partial charge >= 0.3 is 17.1 Å². The van der Waals surface area contributed by atoms with Gasteiger partial charge in [0.1, 0.15) is 0 Å². The van der Waals surface area contributed by atoms with Crippen molar-refractivity contribution in [1.82, 2.24) is 10.4 Å². The van der Waals surface area contributed by atoms with Gasteiger partial charge in [-0.3, -0.25) is 10.4 Å². The molecule has 2 rings (SSSR count). The van der Waals surface area contributed by atoms with Crippen LogP contribution in [-0.4, -0.2) is 16.3 Å². The van der Waals surface area contributed by atoms with Gasteiger partial charge in [-0.15, -0.1) is 0 Å². The standard InChI is InChI=1S/C13H12N4S.Cu/c18-13(16-11-6-2-1-3-7-11)17-15-10-12-8-4-5-9-14-12;/h1-10H,(H2,16,17,18);/q;+2.